The molecule has 2 fully saturated rings. The van der Waals surface area contributed by atoms with Gasteiger partial charge in [0.1, 0.15) is 5.82 Å². The van der Waals surface area contributed by atoms with Crippen molar-refractivity contribution in [1.82, 2.24) is 14.5 Å². The van der Waals surface area contributed by atoms with Crippen LogP contribution in [0.15, 0.2) is 41.3 Å². The molecule has 1 unspecified atom stereocenters. The van der Waals surface area contributed by atoms with Crippen LogP contribution in [-0.2, 0) is 14.8 Å². The van der Waals surface area contributed by atoms with E-state index in [1.165, 1.54) is 23.1 Å². The second kappa shape index (κ2) is 11.4. The average molecular weight is 592 g/mol. The first-order chi connectivity index (χ1) is 17.5. The first kappa shape index (κ1) is 28.1. The van der Waals surface area contributed by atoms with Crippen molar-refractivity contribution in [2.24, 2.45) is 5.73 Å². The Bertz CT molecular complexity index is 1300. The molecule has 8 nitrogen and oxygen atoms in total. The molecule has 0 bridgehead atoms. The number of sulfonamides is 1. The van der Waals surface area contributed by atoms with E-state index in [1.807, 2.05) is 0 Å². The molecule has 13 heteroatoms. The maximum atomic E-state index is 13.8. The van der Waals surface area contributed by atoms with Crippen LogP contribution in [0.4, 0.5) is 4.39 Å². The highest BCUT2D eigenvalue weighted by molar-refractivity contribution is 7.89. The molecule has 1 aliphatic carbocycles. The van der Waals surface area contributed by atoms with Gasteiger partial charge >= 0.3 is 0 Å². The summed E-state index contributed by atoms with van der Waals surface area (Å²) in [5.74, 6) is -1.99. The van der Waals surface area contributed by atoms with Crippen LogP contribution in [0.25, 0.3) is 0 Å². The molecule has 1 saturated heterocycles. The third kappa shape index (κ3) is 6.05. The number of nitrogens with two attached hydrogens (primary N) is 1. The van der Waals surface area contributed by atoms with Gasteiger partial charge in [0.2, 0.25) is 10.0 Å². The number of nitrogens with zero attached hydrogens (tertiary/aromatic N) is 2. The highest BCUT2D eigenvalue weighted by Gasteiger charge is 2.45. The predicted octanol–water partition coefficient (Wildman–Crippen LogP) is 4.03. The van der Waals surface area contributed by atoms with Crippen LogP contribution in [0.2, 0.25) is 15.1 Å². The number of amides is 2. The van der Waals surface area contributed by atoms with Gasteiger partial charge in [-0.3, -0.25) is 9.59 Å². The summed E-state index contributed by atoms with van der Waals surface area (Å²) in [7, 11) is -4.35. The van der Waals surface area contributed by atoms with Crippen LogP contribution in [0.1, 0.15) is 42.5 Å². The summed E-state index contributed by atoms with van der Waals surface area (Å²) in [6.45, 7) is 0.0962. The molecule has 4 rings (SSSR count). The fourth-order valence-corrected chi connectivity index (χ4v) is 6.80. The fourth-order valence-electron chi connectivity index (χ4n) is 4.64. The molecule has 1 aliphatic heterocycles. The second-order valence-corrected chi connectivity index (χ2v) is 12.3. The molecule has 0 radical (unpaired) electrons. The zero-order chi connectivity index (χ0) is 26.9. The number of carbonyl (C=O) groups is 2. The van der Waals surface area contributed by atoms with Crippen molar-refractivity contribution in [2.75, 3.05) is 13.1 Å². The van der Waals surface area contributed by atoms with Gasteiger partial charge in [-0.25, -0.2) is 12.8 Å². The number of rotatable bonds is 5. The van der Waals surface area contributed by atoms with Gasteiger partial charge in [-0.2, -0.15) is 4.31 Å². The normalized spacial score (nSPS) is 23.1. The van der Waals surface area contributed by atoms with Gasteiger partial charge in [-0.15, -0.1) is 0 Å². The van der Waals surface area contributed by atoms with Crippen LogP contribution in [0.3, 0.4) is 0 Å². The Kier molecular flexibility index (Phi) is 8.67. The van der Waals surface area contributed by atoms with E-state index in [0.29, 0.717) is 12.8 Å². The van der Waals surface area contributed by atoms with Crippen LogP contribution in [-0.4, -0.2) is 60.8 Å². The zero-order valence-electron chi connectivity index (χ0n) is 19.7. The summed E-state index contributed by atoms with van der Waals surface area (Å²) >= 11 is 17.9. The Balaban J connectivity index is 1.71. The molecule has 200 valence electrons. The third-order valence-corrected chi connectivity index (χ3v) is 9.50. The van der Waals surface area contributed by atoms with Gasteiger partial charge in [0.15, 0.2) is 6.17 Å². The smallest absolute Gasteiger partial charge is 0.259 e. The second-order valence-electron chi connectivity index (χ2n) is 9.17. The zero-order valence-corrected chi connectivity index (χ0v) is 22.8. The standard InChI is InChI=1S/C24H26Cl3FN4O4S/c25-18-8-2-14(12-19(18)26)24(34)31-10-1-11-32(37(35,36)17-7-9-21(28)20(27)13-17)23(31)22(33)30-16-5-3-15(29)4-6-16/h2,7-9,12-13,15-16,23H,1,3-6,10-11,29H2,(H,30,33). The lowest BCUT2D eigenvalue weighted by Crippen LogP contribution is -2.64. The molecule has 2 amide bonds. The van der Waals surface area contributed by atoms with Crippen LogP contribution >= 0.6 is 34.8 Å². The SMILES string of the molecule is NC1CCC(NC(=O)C2N(C(=O)c3ccc(Cl)c(Cl)c3)CCCN2S(=O)(=O)c2ccc(F)c(Cl)c2)CC1. The number of benzene rings is 2. The van der Waals surface area contributed by atoms with E-state index >= 15 is 0 Å². The lowest BCUT2D eigenvalue weighted by Gasteiger charge is -2.42. The molecule has 2 aromatic rings. The van der Waals surface area contributed by atoms with Crippen LogP contribution in [0.5, 0.6) is 0 Å². The third-order valence-electron chi connectivity index (χ3n) is 6.62. The first-order valence-electron chi connectivity index (χ1n) is 11.8. The van der Waals surface area contributed by atoms with E-state index in [9.17, 15) is 22.4 Å². The molecule has 1 heterocycles. The first-order valence-corrected chi connectivity index (χ1v) is 14.4. The molecular formula is C24H26Cl3FN4O4S. The molecular weight excluding hydrogens is 566 g/mol. The number of carbonyl (C=O) groups excluding carboxylic acids is 2. The molecule has 1 saturated carbocycles. The van der Waals surface area contributed by atoms with E-state index in [1.54, 1.807) is 0 Å². The van der Waals surface area contributed by atoms with Crippen LogP contribution in [0, 0.1) is 5.82 Å². The largest absolute Gasteiger partial charge is 0.350 e. The number of halogens is 4. The quantitative estimate of drug-likeness (QED) is 0.545. The van der Waals surface area contributed by atoms with Gasteiger partial charge in [0, 0.05) is 30.7 Å². The minimum Gasteiger partial charge on any atom is -0.350 e. The number of hydrogen-bond acceptors (Lipinski definition) is 5. The van der Waals surface area contributed by atoms with Gasteiger partial charge in [0.05, 0.1) is 20.0 Å². The van der Waals surface area contributed by atoms with Crippen molar-refractivity contribution in [2.45, 2.75) is 55.2 Å². The summed E-state index contributed by atoms with van der Waals surface area (Å²) in [5.41, 5.74) is 6.13. The maximum Gasteiger partial charge on any atom is 0.259 e. The Labute approximate surface area is 229 Å². The molecule has 3 N–H and O–H groups in total. The highest BCUT2D eigenvalue weighted by Crippen LogP contribution is 2.30. The summed E-state index contributed by atoms with van der Waals surface area (Å²) in [4.78, 5) is 28.1. The van der Waals surface area contributed by atoms with E-state index in [0.717, 1.165) is 35.3 Å². The summed E-state index contributed by atoms with van der Waals surface area (Å²) < 4.78 is 42.1. The molecule has 0 spiro atoms. The van der Waals surface area contributed by atoms with Crippen molar-refractivity contribution in [3.63, 3.8) is 0 Å². The summed E-state index contributed by atoms with van der Waals surface area (Å²) in [6.07, 6.45) is 1.50. The number of nitrogens with one attached hydrogen (secondary N) is 1. The average Bonchev–Trinajstić information content (AvgIpc) is 2.87. The molecule has 2 aromatic carbocycles. The fraction of sp³-hybridized carbons (Fsp3) is 0.417. The van der Waals surface area contributed by atoms with Crippen molar-refractivity contribution in [3.05, 3.63) is 62.8 Å². The van der Waals surface area contributed by atoms with Gasteiger partial charge in [-0.1, -0.05) is 34.8 Å². The molecule has 1 atom stereocenters. The van der Waals surface area contributed by atoms with Crippen LogP contribution < -0.4 is 11.1 Å². The minimum absolute atomic E-state index is 0.0316. The Hall–Kier alpha value is -1.95. The monoisotopic (exact) mass is 590 g/mol. The molecule has 37 heavy (non-hydrogen) atoms. The van der Waals surface area contributed by atoms with Gasteiger partial charge < -0.3 is 16.0 Å². The predicted molar refractivity (Wildman–Crippen MR) is 140 cm³/mol. The summed E-state index contributed by atoms with van der Waals surface area (Å²) in [6, 6.07) is 7.14. The van der Waals surface area contributed by atoms with Crippen molar-refractivity contribution in [3.8, 4) is 0 Å². The van der Waals surface area contributed by atoms with E-state index in [4.69, 9.17) is 40.5 Å². The van der Waals surface area contributed by atoms with Gasteiger partial charge in [-0.05, 0) is 68.5 Å². The van der Waals surface area contributed by atoms with Crippen molar-refractivity contribution >= 4 is 56.6 Å². The molecule has 0 aromatic heterocycles. The van der Waals surface area contributed by atoms with E-state index in [2.05, 4.69) is 5.32 Å². The lowest BCUT2D eigenvalue weighted by molar-refractivity contribution is -0.132. The topological polar surface area (TPSA) is 113 Å². The Morgan fingerprint density at radius 1 is 0.946 bits per heavy atom. The van der Waals surface area contributed by atoms with Gasteiger partial charge in [0.25, 0.3) is 11.8 Å². The molecule has 2 aliphatic rings. The Morgan fingerprint density at radius 2 is 1.65 bits per heavy atom. The highest BCUT2D eigenvalue weighted by atomic mass is 35.5. The summed E-state index contributed by atoms with van der Waals surface area (Å²) in [5, 5.41) is 2.94. The van der Waals surface area contributed by atoms with E-state index < -0.39 is 33.8 Å². The lowest BCUT2D eigenvalue weighted by atomic mass is 9.92. The van der Waals surface area contributed by atoms with Crippen molar-refractivity contribution < 1.29 is 22.4 Å². The maximum absolute atomic E-state index is 13.8. The van der Waals surface area contributed by atoms with E-state index in [-0.39, 0.29) is 57.1 Å². The Morgan fingerprint density at radius 3 is 2.30 bits per heavy atom. The van der Waals surface area contributed by atoms with Crippen molar-refractivity contribution in [1.29, 1.82) is 0 Å². The minimum atomic E-state index is -4.35. The number of hydrogen-bond donors (Lipinski definition) is 2.